The summed E-state index contributed by atoms with van der Waals surface area (Å²) in [5.74, 6) is 0.337. The maximum absolute atomic E-state index is 13.1. The van der Waals surface area contributed by atoms with Crippen LogP contribution in [-0.2, 0) is 4.79 Å². The number of rotatable bonds is 5. The van der Waals surface area contributed by atoms with Crippen molar-refractivity contribution in [2.75, 3.05) is 26.2 Å². The van der Waals surface area contributed by atoms with Crippen molar-refractivity contribution in [2.24, 2.45) is 5.92 Å². The van der Waals surface area contributed by atoms with E-state index in [1.165, 1.54) is 0 Å². The fraction of sp³-hybridized carbons (Fsp3) is 0.500. The Kier molecular flexibility index (Phi) is 5.66. The van der Waals surface area contributed by atoms with Crippen LogP contribution in [0.2, 0.25) is 0 Å². The van der Waals surface area contributed by atoms with Crippen molar-refractivity contribution in [2.45, 2.75) is 31.7 Å². The molecular weight excluding hydrogens is 356 g/mol. The summed E-state index contributed by atoms with van der Waals surface area (Å²) in [6, 6.07) is 3.65. The molecule has 2 fully saturated rings. The Bertz CT molecular complexity index is 815. The SMILES string of the molecule is O=C(NCC1CCCN(C(=O)c2cn[nH]c2-c2ccncc2)C1)C1CCCN1. The Hall–Kier alpha value is -2.74. The maximum Gasteiger partial charge on any atom is 0.257 e. The molecule has 4 rings (SSSR count). The van der Waals surface area contributed by atoms with Gasteiger partial charge in [-0.3, -0.25) is 19.7 Å². The van der Waals surface area contributed by atoms with Gasteiger partial charge in [0.15, 0.2) is 0 Å². The van der Waals surface area contributed by atoms with Crippen molar-refractivity contribution >= 4 is 11.8 Å². The quantitative estimate of drug-likeness (QED) is 0.721. The van der Waals surface area contributed by atoms with E-state index >= 15 is 0 Å². The number of amides is 2. The number of nitrogens with one attached hydrogen (secondary N) is 3. The van der Waals surface area contributed by atoms with E-state index < -0.39 is 0 Å². The molecule has 2 aliphatic heterocycles. The van der Waals surface area contributed by atoms with E-state index in [9.17, 15) is 9.59 Å². The minimum absolute atomic E-state index is 0.0194. The molecular formula is C20H26N6O2. The summed E-state index contributed by atoms with van der Waals surface area (Å²) in [4.78, 5) is 31.2. The highest BCUT2D eigenvalue weighted by Crippen LogP contribution is 2.24. The Balaban J connectivity index is 1.37. The van der Waals surface area contributed by atoms with E-state index in [-0.39, 0.29) is 23.8 Å². The molecule has 0 radical (unpaired) electrons. The lowest BCUT2D eigenvalue weighted by molar-refractivity contribution is -0.123. The molecule has 8 heteroatoms. The van der Waals surface area contributed by atoms with Crippen LogP contribution in [0.5, 0.6) is 0 Å². The third-order valence-corrected chi connectivity index (χ3v) is 5.59. The number of aromatic amines is 1. The average Bonchev–Trinajstić information content (AvgIpc) is 3.44. The lowest BCUT2D eigenvalue weighted by Crippen LogP contribution is -2.46. The highest BCUT2D eigenvalue weighted by Gasteiger charge is 2.28. The number of aromatic nitrogens is 3. The molecule has 0 saturated carbocycles. The van der Waals surface area contributed by atoms with Gasteiger partial charge in [-0.2, -0.15) is 5.10 Å². The molecule has 2 saturated heterocycles. The summed E-state index contributed by atoms with van der Waals surface area (Å²) in [5.41, 5.74) is 2.18. The normalized spacial score (nSPS) is 22.2. The number of H-pyrrole nitrogens is 1. The molecule has 3 N–H and O–H groups in total. The fourth-order valence-electron chi connectivity index (χ4n) is 4.05. The minimum Gasteiger partial charge on any atom is -0.354 e. The first-order valence-electron chi connectivity index (χ1n) is 9.96. The number of carbonyl (C=O) groups is 2. The van der Waals surface area contributed by atoms with Gasteiger partial charge < -0.3 is 15.5 Å². The summed E-state index contributed by atoms with van der Waals surface area (Å²) >= 11 is 0. The van der Waals surface area contributed by atoms with Crippen LogP contribution in [0.3, 0.4) is 0 Å². The number of likely N-dealkylation sites (tertiary alicyclic amines) is 1. The first kappa shape index (κ1) is 18.6. The molecule has 2 amide bonds. The van der Waals surface area contributed by atoms with Crippen molar-refractivity contribution in [1.82, 2.24) is 30.7 Å². The molecule has 4 heterocycles. The Labute approximate surface area is 164 Å². The van der Waals surface area contributed by atoms with Crippen LogP contribution in [0, 0.1) is 5.92 Å². The van der Waals surface area contributed by atoms with Gasteiger partial charge in [-0.05, 0) is 50.3 Å². The van der Waals surface area contributed by atoms with Gasteiger partial charge in [-0.1, -0.05) is 0 Å². The molecule has 148 valence electrons. The molecule has 2 unspecified atom stereocenters. The van der Waals surface area contributed by atoms with E-state index in [1.807, 2.05) is 17.0 Å². The van der Waals surface area contributed by atoms with Gasteiger partial charge in [-0.15, -0.1) is 0 Å². The molecule has 0 aromatic carbocycles. The summed E-state index contributed by atoms with van der Waals surface area (Å²) in [6.45, 7) is 2.91. The third kappa shape index (κ3) is 4.06. The van der Waals surface area contributed by atoms with Crippen molar-refractivity contribution in [3.63, 3.8) is 0 Å². The minimum atomic E-state index is -0.0600. The highest BCUT2D eigenvalue weighted by molar-refractivity contribution is 5.99. The van der Waals surface area contributed by atoms with Crippen LogP contribution in [0.15, 0.2) is 30.7 Å². The molecule has 2 atom stereocenters. The Morgan fingerprint density at radius 2 is 2.07 bits per heavy atom. The predicted molar refractivity (Wildman–Crippen MR) is 104 cm³/mol. The summed E-state index contributed by atoms with van der Waals surface area (Å²) < 4.78 is 0. The lowest BCUT2D eigenvalue weighted by atomic mass is 9.97. The number of nitrogens with zero attached hydrogens (tertiary/aromatic N) is 3. The zero-order valence-electron chi connectivity index (χ0n) is 15.9. The van der Waals surface area contributed by atoms with E-state index in [0.29, 0.717) is 18.7 Å². The largest absolute Gasteiger partial charge is 0.354 e. The molecule has 2 aromatic heterocycles. The van der Waals surface area contributed by atoms with Gasteiger partial charge in [0.25, 0.3) is 5.91 Å². The van der Waals surface area contributed by atoms with Crippen molar-refractivity contribution in [3.8, 4) is 11.3 Å². The molecule has 0 spiro atoms. The maximum atomic E-state index is 13.1. The van der Waals surface area contributed by atoms with Gasteiger partial charge in [0, 0.05) is 37.6 Å². The second-order valence-electron chi connectivity index (χ2n) is 7.55. The number of piperidine rings is 1. The predicted octanol–water partition coefficient (Wildman–Crippen LogP) is 1.19. The van der Waals surface area contributed by atoms with E-state index in [2.05, 4.69) is 25.8 Å². The third-order valence-electron chi connectivity index (χ3n) is 5.59. The molecule has 0 aliphatic carbocycles. The van der Waals surface area contributed by atoms with E-state index in [0.717, 1.165) is 50.0 Å². The zero-order valence-corrected chi connectivity index (χ0v) is 15.9. The van der Waals surface area contributed by atoms with E-state index in [1.54, 1.807) is 18.6 Å². The van der Waals surface area contributed by atoms with Gasteiger partial charge in [0.2, 0.25) is 5.91 Å². The molecule has 28 heavy (non-hydrogen) atoms. The van der Waals surface area contributed by atoms with E-state index in [4.69, 9.17) is 0 Å². The first-order valence-corrected chi connectivity index (χ1v) is 9.96. The smallest absolute Gasteiger partial charge is 0.257 e. The van der Waals surface area contributed by atoms with Crippen LogP contribution < -0.4 is 10.6 Å². The van der Waals surface area contributed by atoms with Gasteiger partial charge in [0.1, 0.15) is 0 Å². The summed E-state index contributed by atoms with van der Waals surface area (Å²) in [5, 5.41) is 13.3. The topological polar surface area (TPSA) is 103 Å². The number of pyridine rings is 1. The number of hydrogen-bond acceptors (Lipinski definition) is 5. The fourth-order valence-corrected chi connectivity index (χ4v) is 4.05. The van der Waals surface area contributed by atoms with Crippen molar-refractivity contribution < 1.29 is 9.59 Å². The number of carbonyl (C=O) groups excluding carboxylic acids is 2. The first-order chi connectivity index (χ1) is 13.7. The van der Waals surface area contributed by atoms with Crippen LogP contribution in [0.4, 0.5) is 0 Å². The number of hydrogen-bond donors (Lipinski definition) is 3. The van der Waals surface area contributed by atoms with Gasteiger partial charge in [-0.25, -0.2) is 0 Å². The second-order valence-corrected chi connectivity index (χ2v) is 7.55. The summed E-state index contributed by atoms with van der Waals surface area (Å²) in [6.07, 6.45) is 8.90. The van der Waals surface area contributed by atoms with Crippen LogP contribution in [0.1, 0.15) is 36.0 Å². The van der Waals surface area contributed by atoms with Gasteiger partial charge >= 0.3 is 0 Å². The van der Waals surface area contributed by atoms with Crippen LogP contribution in [0.25, 0.3) is 11.3 Å². The van der Waals surface area contributed by atoms with Crippen LogP contribution in [-0.4, -0.2) is 64.1 Å². The average molecular weight is 382 g/mol. The molecule has 8 nitrogen and oxygen atoms in total. The molecule has 0 bridgehead atoms. The van der Waals surface area contributed by atoms with Gasteiger partial charge in [0.05, 0.1) is 23.5 Å². The molecule has 2 aliphatic rings. The Morgan fingerprint density at radius 3 is 2.86 bits per heavy atom. The molecule has 2 aromatic rings. The Morgan fingerprint density at radius 1 is 1.21 bits per heavy atom. The second kappa shape index (κ2) is 8.52. The van der Waals surface area contributed by atoms with Crippen molar-refractivity contribution in [3.05, 3.63) is 36.3 Å². The monoisotopic (exact) mass is 382 g/mol. The lowest BCUT2D eigenvalue weighted by Gasteiger charge is -2.33. The van der Waals surface area contributed by atoms with Crippen LogP contribution >= 0.6 is 0 Å². The zero-order chi connectivity index (χ0) is 19.3. The summed E-state index contributed by atoms with van der Waals surface area (Å²) in [7, 11) is 0. The standard InChI is InChI=1S/C20H26N6O2/c27-19(17-4-1-7-22-17)23-11-14-3-2-10-26(13-14)20(28)16-12-24-25-18(16)15-5-8-21-9-6-15/h5-6,8-9,12,14,17,22H,1-4,7,10-11,13H2,(H,23,27)(H,24,25). The highest BCUT2D eigenvalue weighted by atomic mass is 16.2. The van der Waals surface area contributed by atoms with Crippen molar-refractivity contribution in [1.29, 1.82) is 0 Å².